The molecule has 80 valence electrons. The van der Waals surface area contributed by atoms with E-state index in [9.17, 15) is 4.79 Å². The van der Waals surface area contributed by atoms with Crippen molar-refractivity contribution in [1.82, 2.24) is 0 Å². The van der Waals surface area contributed by atoms with E-state index in [-0.39, 0.29) is 0 Å². The lowest BCUT2D eigenvalue weighted by molar-refractivity contribution is 0.112. The zero-order chi connectivity index (χ0) is 11.5. The van der Waals surface area contributed by atoms with Crippen molar-refractivity contribution in [2.75, 3.05) is 0 Å². The topological polar surface area (TPSA) is 17.1 Å². The molecule has 0 aliphatic rings. The fourth-order valence-electron chi connectivity index (χ4n) is 1.49. The highest BCUT2D eigenvalue weighted by Crippen LogP contribution is 2.30. The third kappa shape index (κ3) is 2.34. The van der Waals surface area contributed by atoms with Crippen molar-refractivity contribution in [3.05, 3.63) is 57.5 Å². The Kier molecular flexibility index (Phi) is 3.42. The standard InChI is InChI=1S/C13H8BrClO/c14-11-3-1-2-10(7-11)12-5-4-9(8-16)6-13(12)15/h1-8H. The molecule has 0 bridgehead atoms. The maximum absolute atomic E-state index is 10.6. The van der Waals surface area contributed by atoms with Crippen LogP contribution < -0.4 is 0 Å². The Balaban J connectivity index is 2.52. The second-order valence-corrected chi connectivity index (χ2v) is 4.69. The summed E-state index contributed by atoms with van der Waals surface area (Å²) in [6, 6.07) is 13.2. The van der Waals surface area contributed by atoms with Crippen molar-refractivity contribution < 1.29 is 4.79 Å². The molecule has 0 saturated carbocycles. The molecule has 0 N–H and O–H groups in total. The summed E-state index contributed by atoms with van der Waals surface area (Å²) in [5.41, 5.74) is 2.54. The maximum Gasteiger partial charge on any atom is 0.150 e. The minimum Gasteiger partial charge on any atom is -0.298 e. The van der Waals surface area contributed by atoms with E-state index in [1.165, 1.54) is 0 Å². The molecule has 0 atom stereocenters. The van der Waals surface area contributed by atoms with Gasteiger partial charge in [-0.05, 0) is 23.8 Å². The molecule has 2 aromatic carbocycles. The number of halogens is 2. The van der Waals surface area contributed by atoms with Gasteiger partial charge in [0.05, 0.1) is 0 Å². The maximum atomic E-state index is 10.6. The average molecular weight is 296 g/mol. The SMILES string of the molecule is O=Cc1ccc(-c2cccc(Br)c2)c(Cl)c1. The first-order chi connectivity index (χ1) is 7.70. The molecular formula is C13H8BrClO. The summed E-state index contributed by atoms with van der Waals surface area (Å²) < 4.78 is 1.00. The summed E-state index contributed by atoms with van der Waals surface area (Å²) in [4.78, 5) is 10.6. The van der Waals surface area contributed by atoms with Gasteiger partial charge in [0.2, 0.25) is 0 Å². The predicted molar refractivity (Wildman–Crippen MR) is 70.0 cm³/mol. The van der Waals surface area contributed by atoms with Crippen LogP contribution in [0.25, 0.3) is 11.1 Å². The van der Waals surface area contributed by atoms with Crippen LogP contribution in [0, 0.1) is 0 Å². The molecule has 0 amide bonds. The molecule has 0 aromatic heterocycles. The van der Waals surface area contributed by atoms with Gasteiger partial charge in [-0.15, -0.1) is 0 Å². The minimum atomic E-state index is 0.586. The first kappa shape index (κ1) is 11.4. The van der Waals surface area contributed by atoms with E-state index in [1.807, 2.05) is 30.3 Å². The average Bonchev–Trinajstić information content (AvgIpc) is 2.28. The van der Waals surface area contributed by atoms with Crippen LogP contribution >= 0.6 is 27.5 Å². The van der Waals surface area contributed by atoms with Gasteiger partial charge >= 0.3 is 0 Å². The Morgan fingerprint density at radius 2 is 1.94 bits per heavy atom. The van der Waals surface area contributed by atoms with Crippen molar-refractivity contribution in [3.8, 4) is 11.1 Å². The third-order valence-electron chi connectivity index (χ3n) is 2.26. The monoisotopic (exact) mass is 294 g/mol. The highest BCUT2D eigenvalue weighted by atomic mass is 79.9. The summed E-state index contributed by atoms with van der Waals surface area (Å²) in [7, 11) is 0. The lowest BCUT2D eigenvalue weighted by Gasteiger charge is -2.05. The lowest BCUT2D eigenvalue weighted by atomic mass is 10.0. The summed E-state index contributed by atoms with van der Waals surface area (Å²) >= 11 is 9.53. The Morgan fingerprint density at radius 1 is 1.12 bits per heavy atom. The van der Waals surface area contributed by atoms with Crippen LogP contribution in [-0.4, -0.2) is 6.29 Å². The van der Waals surface area contributed by atoms with E-state index in [0.29, 0.717) is 10.6 Å². The Labute approximate surface area is 107 Å². The van der Waals surface area contributed by atoms with E-state index in [0.717, 1.165) is 21.9 Å². The number of hydrogen-bond acceptors (Lipinski definition) is 1. The molecular weight excluding hydrogens is 287 g/mol. The van der Waals surface area contributed by atoms with Gasteiger partial charge in [-0.2, -0.15) is 0 Å². The molecule has 0 spiro atoms. The number of carbonyl (C=O) groups excluding carboxylic acids is 1. The highest BCUT2D eigenvalue weighted by Gasteiger charge is 2.04. The Morgan fingerprint density at radius 3 is 2.56 bits per heavy atom. The lowest BCUT2D eigenvalue weighted by Crippen LogP contribution is -1.83. The van der Waals surface area contributed by atoms with E-state index in [4.69, 9.17) is 11.6 Å². The van der Waals surface area contributed by atoms with Gasteiger partial charge in [0.25, 0.3) is 0 Å². The van der Waals surface area contributed by atoms with Crippen molar-refractivity contribution >= 4 is 33.8 Å². The van der Waals surface area contributed by atoms with Crippen LogP contribution in [0.1, 0.15) is 10.4 Å². The minimum absolute atomic E-state index is 0.586. The first-order valence-corrected chi connectivity index (χ1v) is 5.88. The highest BCUT2D eigenvalue weighted by molar-refractivity contribution is 9.10. The summed E-state index contributed by atoms with van der Waals surface area (Å²) in [6.07, 6.45) is 0.788. The molecule has 0 radical (unpaired) electrons. The number of hydrogen-bond donors (Lipinski definition) is 0. The molecule has 0 aliphatic carbocycles. The predicted octanol–water partition coefficient (Wildman–Crippen LogP) is 4.58. The van der Waals surface area contributed by atoms with E-state index in [1.54, 1.807) is 12.1 Å². The van der Waals surface area contributed by atoms with Gasteiger partial charge in [0.1, 0.15) is 6.29 Å². The smallest absolute Gasteiger partial charge is 0.150 e. The fourth-order valence-corrected chi connectivity index (χ4v) is 2.19. The molecule has 0 aliphatic heterocycles. The molecule has 2 rings (SSSR count). The van der Waals surface area contributed by atoms with Gasteiger partial charge in [0.15, 0.2) is 0 Å². The molecule has 0 heterocycles. The second-order valence-electron chi connectivity index (χ2n) is 3.37. The largest absolute Gasteiger partial charge is 0.298 e. The van der Waals surface area contributed by atoms with Crippen molar-refractivity contribution in [3.63, 3.8) is 0 Å². The normalized spacial score (nSPS) is 10.1. The van der Waals surface area contributed by atoms with Crippen LogP contribution in [0.2, 0.25) is 5.02 Å². The van der Waals surface area contributed by atoms with Crippen molar-refractivity contribution in [2.24, 2.45) is 0 Å². The van der Waals surface area contributed by atoms with Gasteiger partial charge in [-0.3, -0.25) is 4.79 Å². The number of carbonyl (C=O) groups is 1. The van der Waals surface area contributed by atoms with Crippen molar-refractivity contribution in [1.29, 1.82) is 0 Å². The summed E-state index contributed by atoms with van der Waals surface area (Å²) in [5.74, 6) is 0. The van der Waals surface area contributed by atoms with Gasteiger partial charge in [0, 0.05) is 20.6 Å². The van der Waals surface area contributed by atoms with Crippen molar-refractivity contribution in [2.45, 2.75) is 0 Å². The van der Waals surface area contributed by atoms with Crippen LogP contribution in [0.5, 0.6) is 0 Å². The molecule has 0 saturated heterocycles. The molecule has 3 heteroatoms. The van der Waals surface area contributed by atoms with Gasteiger partial charge < -0.3 is 0 Å². The summed E-state index contributed by atoms with van der Waals surface area (Å²) in [5, 5.41) is 0.586. The molecule has 0 fully saturated rings. The van der Waals surface area contributed by atoms with E-state index < -0.39 is 0 Å². The van der Waals surface area contributed by atoms with Crippen LogP contribution in [0.4, 0.5) is 0 Å². The number of rotatable bonds is 2. The van der Waals surface area contributed by atoms with Gasteiger partial charge in [-0.25, -0.2) is 0 Å². The Bertz CT molecular complexity index is 537. The second kappa shape index (κ2) is 4.81. The van der Waals surface area contributed by atoms with E-state index in [2.05, 4.69) is 15.9 Å². The molecule has 16 heavy (non-hydrogen) atoms. The number of benzene rings is 2. The summed E-state index contributed by atoms with van der Waals surface area (Å²) in [6.45, 7) is 0. The number of aldehydes is 1. The fraction of sp³-hybridized carbons (Fsp3) is 0. The Hall–Kier alpha value is -1.12. The molecule has 0 unspecified atom stereocenters. The van der Waals surface area contributed by atoms with E-state index >= 15 is 0 Å². The quantitative estimate of drug-likeness (QED) is 0.741. The zero-order valence-corrected chi connectivity index (χ0v) is 10.6. The zero-order valence-electron chi connectivity index (χ0n) is 8.28. The molecule has 1 nitrogen and oxygen atoms in total. The van der Waals surface area contributed by atoms with Crippen LogP contribution in [0.15, 0.2) is 46.9 Å². The molecule has 2 aromatic rings. The van der Waals surface area contributed by atoms with Crippen LogP contribution in [-0.2, 0) is 0 Å². The third-order valence-corrected chi connectivity index (χ3v) is 3.07. The van der Waals surface area contributed by atoms with Crippen LogP contribution in [0.3, 0.4) is 0 Å². The first-order valence-electron chi connectivity index (χ1n) is 4.71. The van der Waals surface area contributed by atoms with Gasteiger partial charge in [-0.1, -0.05) is 51.8 Å².